The van der Waals surface area contributed by atoms with Gasteiger partial charge in [0.1, 0.15) is 11.4 Å². The zero-order valence-corrected chi connectivity index (χ0v) is 16.4. The van der Waals surface area contributed by atoms with Crippen molar-refractivity contribution in [1.82, 2.24) is 24.3 Å². The van der Waals surface area contributed by atoms with Crippen LogP contribution in [-0.2, 0) is 13.6 Å². The van der Waals surface area contributed by atoms with Crippen molar-refractivity contribution in [3.63, 3.8) is 0 Å². The summed E-state index contributed by atoms with van der Waals surface area (Å²) in [7, 11) is 1.34. The summed E-state index contributed by atoms with van der Waals surface area (Å²) in [6.07, 6.45) is 0.646. The Hall–Kier alpha value is -2.66. The molecule has 3 N–H and O–H groups in total. The monoisotopic (exact) mass is 406 g/mol. The van der Waals surface area contributed by atoms with Gasteiger partial charge < -0.3 is 5.73 Å². The van der Waals surface area contributed by atoms with Gasteiger partial charge in [-0.15, -0.1) is 16.4 Å². The number of carbonyl (C=O) groups excluding carboxylic acids is 1. The number of H-pyrrole nitrogens is 1. The lowest BCUT2D eigenvalue weighted by Crippen LogP contribution is -2.42. The number of thioether (sulfide) groups is 1. The Morgan fingerprint density at radius 2 is 2.19 bits per heavy atom. The summed E-state index contributed by atoms with van der Waals surface area (Å²) in [6.45, 7) is 2.21. The van der Waals surface area contributed by atoms with E-state index in [-0.39, 0.29) is 17.1 Å². The molecular weight excluding hydrogens is 388 g/mol. The molecule has 3 aromatic heterocycles. The maximum Gasteiger partial charge on any atom is 0.332 e. The third-order valence-corrected chi connectivity index (χ3v) is 5.59. The molecule has 0 fully saturated rings. The predicted molar refractivity (Wildman–Crippen MR) is 105 cm³/mol. The van der Waals surface area contributed by atoms with Crippen molar-refractivity contribution in [3.05, 3.63) is 43.9 Å². The van der Waals surface area contributed by atoms with Crippen LogP contribution in [0.2, 0.25) is 0 Å². The average Bonchev–Trinajstić information content (AvgIpc) is 3.33. The van der Waals surface area contributed by atoms with Crippen molar-refractivity contribution in [2.24, 2.45) is 7.05 Å². The van der Waals surface area contributed by atoms with Crippen molar-refractivity contribution in [1.29, 1.82) is 0 Å². The SMILES string of the molecule is CCCn1c(N)c(C(=O)CSc2n[nH]c(-c3cccs3)n2)c(=O)n(C)c1=O. The third-order valence-electron chi connectivity index (χ3n) is 3.86. The molecule has 0 atom stereocenters. The first-order valence-electron chi connectivity index (χ1n) is 8.15. The average molecular weight is 406 g/mol. The van der Waals surface area contributed by atoms with Crippen molar-refractivity contribution < 1.29 is 4.79 Å². The highest BCUT2D eigenvalue weighted by Crippen LogP contribution is 2.23. The number of thiophene rings is 1. The minimum atomic E-state index is -0.690. The first-order chi connectivity index (χ1) is 12.9. The lowest BCUT2D eigenvalue weighted by atomic mass is 10.2. The fraction of sp³-hybridized carbons (Fsp3) is 0.312. The number of nitrogens with two attached hydrogens (primary N) is 1. The zero-order chi connectivity index (χ0) is 19.6. The van der Waals surface area contributed by atoms with Crippen LogP contribution in [0.3, 0.4) is 0 Å². The Morgan fingerprint density at radius 3 is 2.85 bits per heavy atom. The molecule has 0 saturated heterocycles. The summed E-state index contributed by atoms with van der Waals surface area (Å²) >= 11 is 2.62. The van der Waals surface area contributed by atoms with Crippen LogP contribution in [0.1, 0.15) is 23.7 Å². The predicted octanol–water partition coefficient (Wildman–Crippen LogP) is 1.36. The minimum absolute atomic E-state index is 0.0640. The molecule has 0 bridgehead atoms. The summed E-state index contributed by atoms with van der Waals surface area (Å²) < 4.78 is 2.16. The number of nitrogens with one attached hydrogen (secondary N) is 1. The summed E-state index contributed by atoms with van der Waals surface area (Å²) in [4.78, 5) is 42.4. The third kappa shape index (κ3) is 3.74. The van der Waals surface area contributed by atoms with Gasteiger partial charge in [-0.3, -0.25) is 23.8 Å². The van der Waals surface area contributed by atoms with Gasteiger partial charge in [0.25, 0.3) is 5.56 Å². The second-order valence-corrected chi connectivity index (χ2v) is 7.60. The molecule has 27 heavy (non-hydrogen) atoms. The van der Waals surface area contributed by atoms with E-state index >= 15 is 0 Å². The number of ketones is 1. The van der Waals surface area contributed by atoms with Crippen LogP contribution in [0.25, 0.3) is 10.7 Å². The number of carbonyl (C=O) groups is 1. The molecule has 0 aliphatic rings. The number of aromatic amines is 1. The van der Waals surface area contributed by atoms with Gasteiger partial charge in [-0.25, -0.2) is 9.78 Å². The number of hydrogen-bond acceptors (Lipinski definition) is 8. The van der Waals surface area contributed by atoms with Crippen LogP contribution in [0.4, 0.5) is 5.82 Å². The number of Topliss-reactive ketones (excluding diaryl/α,β-unsaturated/α-hetero) is 1. The number of nitrogens with zero attached hydrogens (tertiary/aromatic N) is 4. The van der Waals surface area contributed by atoms with Crippen LogP contribution >= 0.6 is 23.1 Å². The Balaban J connectivity index is 1.83. The zero-order valence-electron chi connectivity index (χ0n) is 14.8. The molecule has 0 spiro atoms. The van der Waals surface area contributed by atoms with E-state index < -0.39 is 17.0 Å². The van der Waals surface area contributed by atoms with Gasteiger partial charge in [-0.2, -0.15) is 0 Å². The summed E-state index contributed by atoms with van der Waals surface area (Å²) in [5.74, 6) is -0.00648. The molecule has 0 radical (unpaired) electrons. The van der Waals surface area contributed by atoms with Gasteiger partial charge in [-0.05, 0) is 17.9 Å². The Labute approximate surface area is 162 Å². The van der Waals surface area contributed by atoms with E-state index in [9.17, 15) is 14.4 Å². The van der Waals surface area contributed by atoms with Crippen LogP contribution < -0.4 is 17.0 Å². The van der Waals surface area contributed by atoms with Crippen molar-refractivity contribution in [2.75, 3.05) is 11.5 Å². The van der Waals surface area contributed by atoms with E-state index in [4.69, 9.17) is 5.73 Å². The highest BCUT2D eigenvalue weighted by atomic mass is 32.2. The minimum Gasteiger partial charge on any atom is -0.384 e. The second kappa shape index (κ2) is 7.92. The van der Waals surface area contributed by atoms with Crippen LogP contribution in [0.15, 0.2) is 32.3 Å². The fourth-order valence-electron chi connectivity index (χ4n) is 2.52. The molecule has 3 aromatic rings. The fourth-order valence-corrected chi connectivity index (χ4v) is 3.86. The van der Waals surface area contributed by atoms with Gasteiger partial charge in [0.2, 0.25) is 5.16 Å². The number of aromatic nitrogens is 5. The first kappa shape index (κ1) is 19.1. The molecule has 0 aromatic carbocycles. The first-order valence-corrected chi connectivity index (χ1v) is 10.0. The molecule has 0 saturated carbocycles. The number of hydrogen-bond donors (Lipinski definition) is 2. The van der Waals surface area contributed by atoms with Crippen LogP contribution in [0, 0.1) is 0 Å². The van der Waals surface area contributed by atoms with Crippen LogP contribution in [-0.4, -0.2) is 35.9 Å². The molecule has 9 nitrogen and oxygen atoms in total. The van der Waals surface area contributed by atoms with Gasteiger partial charge in [0.15, 0.2) is 11.6 Å². The molecule has 142 valence electrons. The van der Waals surface area contributed by atoms with E-state index in [0.717, 1.165) is 21.2 Å². The highest BCUT2D eigenvalue weighted by molar-refractivity contribution is 7.99. The maximum atomic E-state index is 12.6. The van der Waals surface area contributed by atoms with Crippen molar-refractivity contribution in [2.45, 2.75) is 25.0 Å². The number of anilines is 1. The molecule has 3 heterocycles. The Bertz CT molecular complexity index is 1080. The van der Waals surface area contributed by atoms with Gasteiger partial charge in [0, 0.05) is 13.6 Å². The quantitative estimate of drug-likeness (QED) is 0.448. The van der Waals surface area contributed by atoms with Crippen molar-refractivity contribution in [3.8, 4) is 10.7 Å². The number of nitrogen functional groups attached to an aromatic ring is 1. The summed E-state index contributed by atoms with van der Waals surface area (Å²) in [5.41, 5.74) is 4.57. The summed E-state index contributed by atoms with van der Waals surface area (Å²) in [5, 5.41) is 9.21. The van der Waals surface area contributed by atoms with Crippen LogP contribution in [0.5, 0.6) is 0 Å². The van der Waals surface area contributed by atoms with E-state index in [1.165, 1.54) is 23.0 Å². The van der Waals surface area contributed by atoms with Gasteiger partial charge >= 0.3 is 5.69 Å². The van der Waals surface area contributed by atoms with Gasteiger partial charge in [-0.1, -0.05) is 24.8 Å². The Morgan fingerprint density at radius 1 is 1.41 bits per heavy atom. The molecule has 0 aliphatic carbocycles. The lowest BCUT2D eigenvalue weighted by molar-refractivity contribution is 0.102. The smallest absolute Gasteiger partial charge is 0.332 e. The largest absolute Gasteiger partial charge is 0.384 e. The molecule has 0 unspecified atom stereocenters. The summed E-state index contributed by atoms with van der Waals surface area (Å²) in [6, 6.07) is 3.81. The highest BCUT2D eigenvalue weighted by Gasteiger charge is 2.22. The molecular formula is C16H18N6O3S2. The Kier molecular flexibility index (Phi) is 5.61. The van der Waals surface area contributed by atoms with E-state index in [0.29, 0.717) is 23.9 Å². The normalized spacial score (nSPS) is 11.0. The maximum absolute atomic E-state index is 12.6. The van der Waals surface area contributed by atoms with E-state index in [1.54, 1.807) is 0 Å². The second-order valence-electron chi connectivity index (χ2n) is 5.71. The molecule has 0 aliphatic heterocycles. The van der Waals surface area contributed by atoms with Gasteiger partial charge in [0.05, 0.1) is 10.6 Å². The van der Waals surface area contributed by atoms with E-state index in [2.05, 4.69) is 15.2 Å². The molecule has 11 heteroatoms. The van der Waals surface area contributed by atoms with E-state index in [1.807, 2.05) is 24.4 Å². The lowest BCUT2D eigenvalue weighted by Gasteiger charge is -2.13. The standard InChI is InChI=1S/C16H18N6O3S2/c1-3-6-22-12(17)11(14(24)21(2)16(22)25)9(23)8-27-15-18-13(19-20-15)10-5-4-7-26-10/h4-5,7H,3,6,8,17H2,1-2H3,(H,18,19,20). The molecule has 0 amide bonds. The van der Waals surface area contributed by atoms with Crippen molar-refractivity contribution >= 4 is 34.7 Å². The number of rotatable bonds is 7. The molecule has 3 rings (SSSR count). The topological polar surface area (TPSA) is 129 Å².